The van der Waals surface area contributed by atoms with Gasteiger partial charge >= 0.3 is 6.09 Å². The van der Waals surface area contributed by atoms with Crippen molar-refractivity contribution in [1.82, 2.24) is 19.6 Å². The number of carbonyl (C=O) groups is 2. The third kappa shape index (κ3) is 6.10. The van der Waals surface area contributed by atoms with Gasteiger partial charge in [0.1, 0.15) is 5.60 Å². The number of ether oxygens (including phenoxy) is 1. The van der Waals surface area contributed by atoms with Gasteiger partial charge in [-0.2, -0.15) is 5.10 Å². The van der Waals surface area contributed by atoms with Crippen LogP contribution >= 0.6 is 0 Å². The van der Waals surface area contributed by atoms with Crippen LogP contribution in [0.5, 0.6) is 0 Å². The number of rotatable bonds is 4. The Morgan fingerprint density at radius 3 is 2.08 bits per heavy atom. The van der Waals surface area contributed by atoms with Crippen molar-refractivity contribution in [3.8, 4) is 5.69 Å². The fraction of sp³-hybridized carbons (Fsp3) is 0.452. The number of carbonyl (C=O) groups excluding carboxylic acids is 2. The fourth-order valence-corrected chi connectivity index (χ4v) is 5.45. The highest BCUT2D eigenvalue weighted by Gasteiger charge is 2.34. The van der Waals surface area contributed by atoms with Gasteiger partial charge in [0.05, 0.1) is 23.1 Å². The topological polar surface area (TPSA) is 70.9 Å². The van der Waals surface area contributed by atoms with Crippen LogP contribution in [-0.4, -0.2) is 76.5 Å². The van der Waals surface area contributed by atoms with Crippen LogP contribution in [0.1, 0.15) is 61.1 Å². The van der Waals surface area contributed by atoms with Crippen LogP contribution < -0.4 is 4.90 Å². The predicted octanol–water partition coefficient (Wildman–Crippen LogP) is 5.26. The first-order valence-electron chi connectivity index (χ1n) is 13.9. The van der Waals surface area contributed by atoms with Gasteiger partial charge in [-0.05, 0) is 64.8 Å². The first-order valence-corrected chi connectivity index (χ1v) is 13.9. The molecular weight excluding hydrogens is 490 g/mol. The number of aryl methyl sites for hydroxylation is 1. The van der Waals surface area contributed by atoms with Crippen LogP contribution in [0.4, 0.5) is 10.5 Å². The summed E-state index contributed by atoms with van der Waals surface area (Å²) in [5.41, 5.74) is 4.39. The lowest BCUT2D eigenvalue weighted by Crippen LogP contribution is -2.49. The summed E-state index contributed by atoms with van der Waals surface area (Å²) >= 11 is 0. The fourth-order valence-electron chi connectivity index (χ4n) is 5.45. The largest absolute Gasteiger partial charge is 0.444 e. The molecule has 2 fully saturated rings. The van der Waals surface area contributed by atoms with Crippen molar-refractivity contribution in [2.75, 3.05) is 44.2 Å². The SMILES string of the molecule is Cc1ccc(-n2ncc(C(=O)N3CCN(c4ccccc4)CC3)c2C2CCN(C(=O)OC(C)(C)C)CC2)cc1. The third-order valence-electron chi connectivity index (χ3n) is 7.54. The van der Waals surface area contributed by atoms with Gasteiger partial charge in [-0.3, -0.25) is 4.79 Å². The summed E-state index contributed by atoms with van der Waals surface area (Å²) in [5, 5.41) is 4.73. The van der Waals surface area contributed by atoms with Crippen LogP contribution in [0.2, 0.25) is 0 Å². The summed E-state index contributed by atoms with van der Waals surface area (Å²) in [4.78, 5) is 32.6. The predicted molar refractivity (Wildman–Crippen MR) is 153 cm³/mol. The quantitative estimate of drug-likeness (QED) is 0.461. The molecule has 5 rings (SSSR count). The maximum absolute atomic E-state index is 13.9. The number of piperazine rings is 1. The number of para-hydroxylation sites is 1. The number of anilines is 1. The van der Waals surface area contributed by atoms with E-state index in [9.17, 15) is 9.59 Å². The standard InChI is InChI=1S/C31H39N5O3/c1-23-10-12-26(13-11-23)36-28(24-14-16-35(17-15-24)30(38)39-31(2,3)4)27(22-32-36)29(37)34-20-18-33(19-21-34)25-8-6-5-7-9-25/h5-13,22,24H,14-21H2,1-4H3. The second kappa shape index (κ2) is 11.1. The summed E-state index contributed by atoms with van der Waals surface area (Å²) in [7, 11) is 0. The molecule has 2 aliphatic heterocycles. The second-order valence-corrected chi connectivity index (χ2v) is 11.5. The van der Waals surface area contributed by atoms with E-state index in [0.717, 1.165) is 37.3 Å². The van der Waals surface area contributed by atoms with Crippen LogP contribution in [-0.2, 0) is 4.74 Å². The maximum atomic E-state index is 13.9. The van der Waals surface area contributed by atoms with Crippen molar-refractivity contribution < 1.29 is 14.3 Å². The van der Waals surface area contributed by atoms with Crippen LogP contribution in [0.15, 0.2) is 60.8 Å². The first-order chi connectivity index (χ1) is 18.7. The third-order valence-corrected chi connectivity index (χ3v) is 7.54. The Bertz CT molecular complexity index is 1280. The van der Waals surface area contributed by atoms with Crippen molar-refractivity contribution in [3.63, 3.8) is 0 Å². The molecule has 8 heteroatoms. The molecule has 0 unspecified atom stereocenters. The van der Waals surface area contributed by atoms with Gasteiger partial charge in [0.2, 0.25) is 0 Å². The molecule has 0 N–H and O–H groups in total. The molecular formula is C31H39N5O3. The van der Waals surface area contributed by atoms with Crippen LogP contribution in [0.25, 0.3) is 5.69 Å². The van der Waals surface area contributed by atoms with E-state index in [1.165, 1.54) is 11.3 Å². The Morgan fingerprint density at radius 1 is 0.821 bits per heavy atom. The molecule has 2 amide bonds. The lowest BCUT2D eigenvalue weighted by Gasteiger charge is -2.37. The minimum absolute atomic E-state index is 0.0330. The molecule has 0 atom stereocenters. The van der Waals surface area contributed by atoms with Crippen molar-refractivity contribution in [1.29, 1.82) is 0 Å². The van der Waals surface area contributed by atoms with Crippen molar-refractivity contribution in [2.24, 2.45) is 0 Å². The Hall–Kier alpha value is -3.81. The van der Waals surface area contributed by atoms with Gasteiger partial charge in [0, 0.05) is 50.9 Å². The molecule has 2 saturated heterocycles. The van der Waals surface area contributed by atoms with Gasteiger partial charge in [-0.25, -0.2) is 9.48 Å². The van der Waals surface area contributed by atoms with Crippen molar-refractivity contribution in [3.05, 3.63) is 77.6 Å². The average molecular weight is 530 g/mol. The first kappa shape index (κ1) is 26.8. The van der Waals surface area contributed by atoms with E-state index in [1.54, 1.807) is 11.1 Å². The highest BCUT2D eigenvalue weighted by atomic mass is 16.6. The Morgan fingerprint density at radius 2 is 1.46 bits per heavy atom. The molecule has 206 valence electrons. The smallest absolute Gasteiger partial charge is 0.410 e. The number of nitrogens with zero attached hydrogens (tertiary/aromatic N) is 5. The molecule has 0 radical (unpaired) electrons. The van der Waals surface area contributed by atoms with Crippen LogP contribution in [0.3, 0.4) is 0 Å². The lowest BCUT2D eigenvalue weighted by atomic mass is 9.90. The number of hydrogen-bond acceptors (Lipinski definition) is 5. The normalized spacial score (nSPS) is 16.9. The molecule has 3 aromatic rings. The molecule has 3 heterocycles. The number of benzene rings is 2. The molecule has 0 spiro atoms. The second-order valence-electron chi connectivity index (χ2n) is 11.5. The van der Waals surface area contributed by atoms with E-state index in [0.29, 0.717) is 31.7 Å². The van der Waals surface area contributed by atoms with E-state index in [-0.39, 0.29) is 17.9 Å². The summed E-state index contributed by atoms with van der Waals surface area (Å²) < 4.78 is 7.53. The van der Waals surface area contributed by atoms with E-state index in [2.05, 4.69) is 48.2 Å². The van der Waals surface area contributed by atoms with Gasteiger partial charge in [0.15, 0.2) is 0 Å². The highest BCUT2D eigenvalue weighted by Crippen LogP contribution is 2.33. The zero-order valence-electron chi connectivity index (χ0n) is 23.5. The summed E-state index contributed by atoms with van der Waals surface area (Å²) in [6, 6.07) is 18.6. The molecule has 8 nitrogen and oxygen atoms in total. The monoisotopic (exact) mass is 529 g/mol. The average Bonchev–Trinajstić information content (AvgIpc) is 3.38. The van der Waals surface area contributed by atoms with Gasteiger partial charge in [-0.1, -0.05) is 35.9 Å². The zero-order chi connectivity index (χ0) is 27.6. The number of piperidine rings is 1. The van der Waals surface area contributed by atoms with E-state index in [1.807, 2.05) is 48.6 Å². The highest BCUT2D eigenvalue weighted by molar-refractivity contribution is 5.95. The van der Waals surface area contributed by atoms with Gasteiger partial charge < -0.3 is 19.4 Å². The Kier molecular flexibility index (Phi) is 7.64. The molecule has 2 aliphatic rings. The van der Waals surface area contributed by atoms with E-state index < -0.39 is 5.60 Å². The summed E-state index contributed by atoms with van der Waals surface area (Å²) in [5.74, 6) is 0.141. The number of aromatic nitrogens is 2. The molecule has 39 heavy (non-hydrogen) atoms. The molecule has 0 aliphatic carbocycles. The molecule has 0 bridgehead atoms. The van der Waals surface area contributed by atoms with Gasteiger partial charge in [-0.15, -0.1) is 0 Å². The zero-order valence-corrected chi connectivity index (χ0v) is 23.5. The maximum Gasteiger partial charge on any atom is 0.410 e. The number of hydrogen-bond donors (Lipinski definition) is 0. The molecule has 1 aromatic heterocycles. The van der Waals surface area contributed by atoms with E-state index >= 15 is 0 Å². The summed E-state index contributed by atoms with van der Waals surface area (Å²) in [6.07, 6.45) is 2.96. The minimum Gasteiger partial charge on any atom is -0.444 e. The number of amides is 2. The van der Waals surface area contributed by atoms with Gasteiger partial charge in [0.25, 0.3) is 5.91 Å². The van der Waals surface area contributed by atoms with Crippen LogP contribution in [0, 0.1) is 6.92 Å². The summed E-state index contributed by atoms with van der Waals surface area (Å²) in [6.45, 7) is 11.8. The Balaban J connectivity index is 1.36. The van der Waals surface area contributed by atoms with E-state index in [4.69, 9.17) is 9.84 Å². The molecule has 2 aromatic carbocycles. The van der Waals surface area contributed by atoms with Crippen molar-refractivity contribution in [2.45, 2.75) is 52.1 Å². The number of likely N-dealkylation sites (tertiary alicyclic amines) is 1. The lowest BCUT2D eigenvalue weighted by molar-refractivity contribution is 0.0203. The van der Waals surface area contributed by atoms with Crippen molar-refractivity contribution >= 4 is 17.7 Å². The Labute approximate surface area is 231 Å². The minimum atomic E-state index is -0.526. The molecule has 0 saturated carbocycles.